The highest BCUT2D eigenvalue weighted by atomic mass is 16.5. The van der Waals surface area contributed by atoms with Gasteiger partial charge in [0, 0.05) is 6.42 Å². The Hall–Kier alpha value is -2.68. The van der Waals surface area contributed by atoms with Crippen molar-refractivity contribution >= 4 is 11.7 Å². The predicted octanol–water partition coefficient (Wildman–Crippen LogP) is 3.77. The fraction of sp³-hybridized carbons (Fsp3) is 0.333. The Morgan fingerprint density at radius 3 is 2.52 bits per heavy atom. The molecule has 6 heteroatoms. The highest BCUT2D eigenvalue weighted by Gasteiger charge is 2.16. The molecule has 1 rings (SSSR count). The van der Waals surface area contributed by atoms with Crippen LogP contribution in [0.3, 0.4) is 0 Å². The number of hydrogen-bond donors (Lipinski definition) is 1. The summed E-state index contributed by atoms with van der Waals surface area (Å²) in [5, 5.41) is 26.2. The number of nitriles is 1. The molecule has 1 aromatic carbocycles. The molecular formula is C15H17N3O3. The smallest absolute Gasteiger partial charge is 0.362 e. The van der Waals surface area contributed by atoms with Crippen molar-refractivity contribution in [3.63, 3.8) is 0 Å². The number of hydrogen-bond acceptors (Lipinski definition) is 6. The van der Waals surface area contributed by atoms with Gasteiger partial charge in [0.1, 0.15) is 5.76 Å². The fourth-order valence-electron chi connectivity index (χ4n) is 1.48. The van der Waals surface area contributed by atoms with E-state index in [1.54, 1.807) is 31.2 Å². The number of nitrogens with zero attached hydrogens (tertiary/aromatic N) is 3. The van der Waals surface area contributed by atoms with Gasteiger partial charge in [-0.3, -0.25) is 0 Å². The van der Waals surface area contributed by atoms with Crippen molar-refractivity contribution in [1.82, 2.24) is 0 Å². The molecule has 0 saturated carbocycles. The molecule has 0 saturated heterocycles. The van der Waals surface area contributed by atoms with Gasteiger partial charge in [0.2, 0.25) is 5.70 Å². The van der Waals surface area contributed by atoms with Crippen LogP contribution in [0.1, 0.15) is 32.3 Å². The zero-order valence-electron chi connectivity index (χ0n) is 12.0. The standard InChI is InChI=1S/C15H17N3O3/c1-3-5-13(19)14(15(20)21-4-2)18-17-12-8-6-11(10-16)7-9-12/h6-9,19H,3-5H2,1-2H3/b14-13-,18-17?. The Balaban J connectivity index is 2.99. The summed E-state index contributed by atoms with van der Waals surface area (Å²) in [4.78, 5) is 11.7. The van der Waals surface area contributed by atoms with Gasteiger partial charge in [-0.1, -0.05) is 6.92 Å². The third kappa shape index (κ3) is 5.07. The van der Waals surface area contributed by atoms with Crippen molar-refractivity contribution in [1.29, 1.82) is 5.26 Å². The number of carbonyl (C=O) groups excluding carboxylic acids is 1. The summed E-state index contributed by atoms with van der Waals surface area (Å²) in [6.07, 6.45) is 0.988. The van der Waals surface area contributed by atoms with Crippen molar-refractivity contribution in [2.45, 2.75) is 26.7 Å². The average molecular weight is 287 g/mol. The molecule has 0 aliphatic heterocycles. The quantitative estimate of drug-likeness (QED) is 0.373. The van der Waals surface area contributed by atoms with E-state index in [-0.39, 0.29) is 18.1 Å². The minimum atomic E-state index is -0.708. The molecule has 0 fully saturated rings. The van der Waals surface area contributed by atoms with E-state index in [0.717, 1.165) is 0 Å². The van der Waals surface area contributed by atoms with Crippen LogP contribution >= 0.6 is 0 Å². The Morgan fingerprint density at radius 2 is 2.00 bits per heavy atom. The second-order valence-corrected chi connectivity index (χ2v) is 4.12. The molecule has 0 spiro atoms. The van der Waals surface area contributed by atoms with Crippen molar-refractivity contribution in [2.24, 2.45) is 10.2 Å². The van der Waals surface area contributed by atoms with Gasteiger partial charge in [-0.05, 0) is 37.6 Å². The zero-order chi connectivity index (χ0) is 15.7. The normalized spacial score (nSPS) is 11.9. The van der Waals surface area contributed by atoms with Gasteiger partial charge in [-0.25, -0.2) is 4.79 Å². The second kappa shape index (κ2) is 8.48. The van der Waals surface area contributed by atoms with E-state index in [0.29, 0.717) is 24.1 Å². The van der Waals surface area contributed by atoms with Crippen molar-refractivity contribution in [2.75, 3.05) is 6.61 Å². The van der Waals surface area contributed by atoms with Gasteiger partial charge in [0.05, 0.1) is 23.9 Å². The molecule has 0 heterocycles. The summed E-state index contributed by atoms with van der Waals surface area (Å²) in [6.45, 7) is 3.73. The summed E-state index contributed by atoms with van der Waals surface area (Å²) in [5.74, 6) is -0.853. The molecule has 110 valence electrons. The van der Waals surface area contributed by atoms with E-state index in [4.69, 9.17) is 10.00 Å². The van der Waals surface area contributed by atoms with Crippen LogP contribution in [0.4, 0.5) is 5.69 Å². The van der Waals surface area contributed by atoms with Gasteiger partial charge in [-0.15, -0.1) is 5.11 Å². The number of carbonyl (C=O) groups is 1. The van der Waals surface area contributed by atoms with Crippen LogP contribution < -0.4 is 0 Å². The monoisotopic (exact) mass is 287 g/mol. The molecule has 1 aromatic rings. The Bertz CT molecular complexity index is 583. The SMILES string of the molecule is CCC/C(O)=C(/N=Nc1ccc(C#N)cc1)C(=O)OCC. The lowest BCUT2D eigenvalue weighted by atomic mass is 10.2. The number of ether oxygens (including phenoxy) is 1. The number of aliphatic hydroxyl groups excluding tert-OH is 1. The highest BCUT2D eigenvalue weighted by Crippen LogP contribution is 2.18. The van der Waals surface area contributed by atoms with E-state index in [1.807, 2.05) is 13.0 Å². The summed E-state index contributed by atoms with van der Waals surface area (Å²) in [7, 11) is 0. The Labute approximate surface area is 123 Å². The number of allylic oxidation sites excluding steroid dienone is 1. The first kappa shape index (κ1) is 16.4. The topological polar surface area (TPSA) is 95.0 Å². The van der Waals surface area contributed by atoms with E-state index < -0.39 is 5.97 Å². The van der Waals surface area contributed by atoms with Gasteiger partial charge >= 0.3 is 5.97 Å². The average Bonchev–Trinajstić information content (AvgIpc) is 2.48. The minimum Gasteiger partial charge on any atom is -0.510 e. The maximum Gasteiger partial charge on any atom is 0.362 e. The van der Waals surface area contributed by atoms with Gasteiger partial charge in [-0.2, -0.15) is 10.4 Å². The summed E-state index contributed by atoms with van der Waals surface area (Å²) in [5.41, 5.74) is 0.784. The van der Waals surface area contributed by atoms with E-state index in [2.05, 4.69) is 10.2 Å². The number of aliphatic hydroxyl groups is 1. The molecule has 6 nitrogen and oxygen atoms in total. The molecule has 1 N–H and O–H groups in total. The number of esters is 1. The second-order valence-electron chi connectivity index (χ2n) is 4.12. The fourth-order valence-corrected chi connectivity index (χ4v) is 1.48. The van der Waals surface area contributed by atoms with E-state index in [1.165, 1.54) is 0 Å². The lowest BCUT2D eigenvalue weighted by Crippen LogP contribution is -2.08. The van der Waals surface area contributed by atoms with Crippen molar-refractivity contribution < 1.29 is 14.6 Å². The van der Waals surface area contributed by atoms with Crippen LogP contribution in [0.15, 0.2) is 46.0 Å². The molecule has 0 aromatic heterocycles. The van der Waals surface area contributed by atoms with E-state index >= 15 is 0 Å². The predicted molar refractivity (Wildman–Crippen MR) is 76.9 cm³/mol. The first-order valence-electron chi connectivity index (χ1n) is 6.63. The summed E-state index contributed by atoms with van der Waals surface area (Å²) in [6, 6.07) is 8.37. The van der Waals surface area contributed by atoms with Gasteiger partial charge in [0.15, 0.2) is 0 Å². The van der Waals surface area contributed by atoms with Crippen LogP contribution in [-0.2, 0) is 9.53 Å². The number of rotatable bonds is 6. The number of benzene rings is 1. The maximum absolute atomic E-state index is 11.7. The molecule has 0 amide bonds. The Kier molecular flexibility index (Phi) is 6.61. The van der Waals surface area contributed by atoms with E-state index in [9.17, 15) is 9.90 Å². The molecule has 21 heavy (non-hydrogen) atoms. The third-order valence-corrected chi connectivity index (χ3v) is 2.49. The van der Waals surface area contributed by atoms with Crippen molar-refractivity contribution in [3.8, 4) is 6.07 Å². The molecule has 0 aliphatic rings. The largest absolute Gasteiger partial charge is 0.510 e. The lowest BCUT2D eigenvalue weighted by Gasteiger charge is -2.04. The molecular weight excluding hydrogens is 270 g/mol. The first-order chi connectivity index (χ1) is 10.1. The van der Waals surface area contributed by atoms with Gasteiger partial charge < -0.3 is 9.84 Å². The molecule has 0 unspecified atom stereocenters. The van der Waals surface area contributed by atoms with Gasteiger partial charge in [0.25, 0.3) is 0 Å². The molecule has 0 aliphatic carbocycles. The Morgan fingerprint density at radius 1 is 1.33 bits per heavy atom. The summed E-state index contributed by atoms with van der Waals surface area (Å²) < 4.78 is 4.84. The van der Waals surface area contributed by atoms with Crippen LogP contribution in [0.5, 0.6) is 0 Å². The number of azo groups is 1. The molecule has 0 radical (unpaired) electrons. The van der Waals surface area contributed by atoms with Crippen molar-refractivity contribution in [3.05, 3.63) is 41.3 Å². The summed E-state index contributed by atoms with van der Waals surface area (Å²) >= 11 is 0. The van der Waals surface area contributed by atoms with Crippen LogP contribution in [0, 0.1) is 11.3 Å². The van der Waals surface area contributed by atoms with Crippen LogP contribution in [-0.4, -0.2) is 17.7 Å². The maximum atomic E-state index is 11.7. The zero-order valence-corrected chi connectivity index (χ0v) is 12.0. The minimum absolute atomic E-state index is 0.145. The first-order valence-corrected chi connectivity index (χ1v) is 6.63. The third-order valence-electron chi connectivity index (χ3n) is 2.49. The van der Waals surface area contributed by atoms with Crippen LogP contribution in [0.2, 0.25) is 0 Å². The van der Waals surface area contributed by atoms with Crippen LogP contribution in [0.25, 0.3) is 0 Å². The molecule has 0 atom stereocenters. The highest BCUT2D eigenvalue weighted by molar-refractivity contribution is 5.88. The molecule has 0 bridgehead atoms. The lowest BCUT2D eigenvalue weighted by molar-refractivity contribution is -0.138.